The molecule has 0 aliphatic rings. The number of rotatable bonds is 3. The normalized spacial score (nSPS) is 10.2. The molecule has 1 N–H and O–H groups in total. The third-order valence-electron chi connectivity index (χ3n) is 1.95. The highest BCUT2D eigenvalue weighted by Gasteiger charge is 2.15. The summed E-state index contributed by atoms with van der Waals surface area (Å²) in [6.45, 7) is 0. The van der Waals surface area contributed by atoms with Gasteiger partial charge in [0.1, 0.15) is 5.82 Å². The van der Waals surface area contributed by atoms with E-state index in [1.807, 2.05) is 0 Å². The number of hydrogen-bond donors (Lipinski definition) is 1. The van der Waals surface area contributed by atoms with Gasteiger partial charge < -0.3 is 5.32 Å². The lowest BCUT2D eigenvalue weighted by molar-refractivity contribution is -0.385. The molecule has 1 heterocycles. The number of non-ortho nitro benzene ring substituents is 1. The summed E-state index contributed by atoms with van der Waals surface area (Å²) in [5.41, 5.74) is -0.520. The van der Waals surface area contributed by atoms with E-state index in [4.69, 9.17) is 11.6 Å². The number of amides is 1. The number of aromatic nitrogens is 2. The fraction of sp³-hybridized carbons (Fsp3) is 0. The largest absolute Gasteiger partial charge is 0.320 e. The van der Waals surface area contributed by atoms with Gasteiger partial charge in [-0.2, -0.15) is 0 Å². The fourth-order valence-corrected chi connectivity index (χ4v) is 1.96. The molecule has 0 bridgehead atoms. The van der Waals surface area contributed by atoms with Crippen LogP contribution >= 0.6 is 22.9 Å². The first-order valence-electron chi connectivity index (χ1n) is 4.71. The van der Waals surface area contributed by atoms with Crippen LogP contribution in [0.25, 0.3) is 0 Å². The van der Waals surface area contributed by atoms with Crippen LogP contribution in [0.2, 0.25) is 4.47 Å². The van der Waals surface area contributed by atoms with Gasteiger partial charge in [0.15, 0.2) is 0 Å². The van der Waals surface area contributed by atoms with E-state index in [2.05, 4.69) is 15.5 Å². The molecule has 0 saturated carbocycles. The summed E-state index contributed by atoms with van der Waals surface area (Å²) in [4.78, 5) is 21.5. The van der Waals surface area contributed by atoms with E-state index in [-0.39, 0.29) is 15.2 Å². The van der Waals surface area contributed by atoms with Gasteiger partial charge in [-0.15, -0.1) is 10.2 Å². The molecule has 0 radical (unpaired) electrons. The number of carbonyl (C=O) groups excluding carboxylic acids is 1. The molecule has 1 amide bonds. The zero-order chi connectivity index (χ0) is 14.0. The number of nitrogens with one attached hydrogen (secondary N) is 1. The second-order valence-electron chi connectivity index (χ2n) is 3.27. The molecule has 1 aromatic heterocycles. The van der Waals surface area contributed by atoms with Crippen molar-refractivity contribution < 1.29 is 14.1 Å². The number of carbonyl (C=O) groups is 1. The van der Waals surface area contributed by atoms with Crippen LogP contribution in [0.1, 0.15) is 9.80 Å². The molecule has 0 fully saturated rings. The second kappa shape index (κ2) is 5.24. The van der Waals surface area contributed by atoms with Crippen molar-refractivity contribution in [3.63, 3.8) is 0 Å². The predicted octanol–water partition coefficient (Wildman–Crippen LogP) is 2.49. The molecule has 0 atom stereocenters. The van der Waals surface area contributed by atoms with Crippen molar-refractivity contribution in [3.05, 3.63) is 43.6 Å². The molecule has 19 heavy (non-hydrogen) atoms. The zero-order valence-corrected chi connectivity index (χ0v) is 10.5. The minimum atomic E-state index is -0.834. The SMILES string of the molecule is O=C(Nc1cc(F)cc([N+](=O)[O-])c1)c1nnc(Cl)s1. The van der Waals surface area contributed by atoms with Gasteiger partial charge in [0.05, 0.1) is 16.7 Å². The quantitative estimate of drug-likeness (QED) is 0.694. The topological polar surface area (TPSA) is 98.0 Å². The first kappa shape index (κ1) is 13.3. The molecule has 0 aliphatic carbocycles. The van der Waals surface area contributed by atoms with E-state index in [9.17, 15) is 19.3 Å². The molecule has 2 aromatic rings. The summed E-state index contributed by atoms with van der Waals surface area (Å²) >= 11 is 6.35. The van der Waals surface area contributed by atoms with Crippen LogP contribution < -0.4 is 5.32 Å². The van der Waals surface area contributed by atoms with E-state index in [1.165, 1.54) is 0 Å². The number of halogens is 2. The molecule has 0 spiro atoms. The maximum Gasteiger partial charge on any atom is 0.286 e. The minimum Gasteiger partial charge on any atom is -0.320 e. The van der Waals surface area contributed by atoms with Crippen LogP contribution in [0.15, 0.2) is 18.2 Å². The molecular weight excluding hydrogens is 299 g/mol. The third-order valence-corrected chi connectivity index (χ3v) is 2.96. The van der Waals surface area contributed by atoms with Gasteiger partial charge in [-0.25, -0.2) is 4.39 Å². The molecule has 0 aliphatic heterocycles. The lowest BCUT2D eigenvalue weighted by atomic mass is 10.2. The monoisotopic (exact) mass is 302 g/mol. The molecule has 0 saturated heterocycles. The Balaban J connectivity index is 2.23. The summed E-state index contributed by atoms with van der Waals surface area (Å²) in [5.74, 6) is -1.51. The Morgan fingerprint density at radius 2 is 2.16 bits per heavy atom. The van der Waals surface area contributed by atoms with Gasteiger partial charge in [-0.1, -0.05) is 11.3 Å². The van der Waals surface area contributed by atoms with Crippen molar-refractivity contribution in [2.24, 2.45) is 0 Å². The smallest absolute Gasteiger partial charge is 0.286 e. The Kier molecular flexibility index (Phi) is 3.67. The van der Waals surface area contributed by atoms with Gasteiger partial charge in [0, 0.05) is 6.07 Å². The van der Waals surface area contributed by atoms with Crippen molar-refractivity contribution in [1.29, 1.82) is 0 Å². The molecule has 1 aromatic carbocycles. The van der Waals surface area contributed by atoms with E-state index >= 15 is 0 Å². The Morgan fingerprint density at radius 1 is 1.42 bits per heavy atom. The standard InChI is InChI=1S/C9H4ClFN4O3S/c10-9-14-13-8(19-9)7(16)12-5-1-4(11)2-6(3-5)15(17)18/h1-3H,(H,12,16). The van der Waals surface area contributed by atoms with Gasteiger partial charge in [-0.05, 0) is 17.7 Å². The number of nitro groups is 1. The number of nitrogens with zero attached hydrogens (tertiary/aromatic N) is 3. The second-order valence-corrected chi connectivity index (χ2v) is 4.83. The third kappa shape index (κ3) is 3.20. The molecule has 0 unspecified atom stereocenters. The average molecular weight is 303 g/mol. The van der Waals surface area contributed by atoms with Crippen molar-refractivity contribution in [1.82, 2.24) is 10.2 Å². The number of nitro benzene ring substituents is 1. The number of hydrogen-bond acceptors (Lipinski definition) is 6. The first-order chi connectivity index (χ1) is 8.95. The summed E-state index contributed by atoms with van der Waals surface area (Å²) in [6, 6.07) is 2.73. The number of benzene rings is 1. The van der Waals surface area contributed by atoms with E-state index < -0.39 is 22.3 Å². The van der Waals surface area contributed by atoms with E-state index in [0.717, 1.165) is 29.5 Å². The van der Waals surface area contributed by atoms with Crippen LogP contribution in [-0.4, -0.2) is 21.0 Å². The highest BCUT2D eigenvalue weighted by Crippen LogP contribution is 2.21. The molecule has 98 valence electrons. The summed E-state index contributed by atoms with van der Waals surface area (Å²) < 4.78 is 13.2. The highest BCUT2D eigenvalue weighted by molar-refractivity contribution is 7.17. The van der Waals surface area contributed by atoms with Gasteiger partial charge in [-0.3, -0.25) is 14.9 Å². The average Bonchev–Trinajstić information content (AvgIpc) is 2.75. The maximum atomic E-state index is 13.1. The summed E-state index contributed by atoms with van der Waals surface area (Å²) in [7, 11) is 0. The number of anilines is 1. The van der Waals surface area contributed by atoms with Crippen LogP contribution in [0.3, 0.4) is 0 Å². The summed E-state index contributed by atoms with van der Waals surface area (Å²) in [6.07, 6.45) is 0. The molecule has 2 rings (SSSR count). The Morgan fingerprint density at radius 3 is 2.74 bits per heavy atom. The van der Waals surface area contributed by atoms with Crippen LogP contribution in [0.5, 0.6) is 0 Å². The zero-order valence-electron chi connectivity index (χ0n) is 8.96. The van der Waals surface area contributed by atoms with Gasteiger partial charge in [0.25, 0.3) is 11.6 Å². The summed E-state index contributed by atoms with van der Waals surface area (Å²) in [5, 5.41) is 19.7. The van der Waals surface area contributed by atoms with Crippen molar-refractivity contribution in [2.75, 3.05) is 5.32 Å². The highest BCUT2D eigenvalue weighted by atomic mass is 35.5. The van der Waals surface area contributed by atoms with Crippen molar-refractivity contribution >= 4 is 40.2 Å². The Bertz CT molecular complexity index is 663. The predicted molar refractivity (Wildman–Crippen MR) is 65.9 cm³/mol. The van der Waals surface area contributed by atoms with Gasteiger partial charge >= 0.3 is 0 Å². The van der Waals surface area contributed by atoms with Gasteiger partial charge in [0.2, 0.25) is 9.47 Å². The van der Waals surface area contributed by atoms with E-state index in [1.54, 1.807) is 0 Å². The van der Waals surface area contributed by atoms with Crippen molar-refractivity contribution in [3.8, 4) is 0 Å². The maximum absolute atomic E-state index is 13.1. The molecular formula is C9H4ClFN4O3S. The first-order valence-corrected chi connectivity index (χ1v) is 5.90. The minimum absolute atomic E-state index is 0.0306. The fourth-order valence-electron chi connectivity index (χ4n) is 1.23. The Hall–Kier alpha value is -2.13. The lowest BCUT2D eigenvalue weighted by Gasteiger charge is -2.02. The molecule has 10 heteroatoms. The van der Waals surface area contributed by atoms with Crippen LogP contribution in [0, 0.1) is 15.9 Å². The Labute approximate surface area is 114 Å². The van der Waals surface area contributed by atoms with Crippen LogP contribution in [0.4, 0.5) is 15.8 Å². The van der Waals surface area contributed by atoms with Crippen LogP contribution in [-0.2, 0) is 0 Å². The molecule has 7 nitrogen and oxygen atoms in total. The van der Waals surface area contributed by atoms with E-state index in [0.29, 0.717) is 0 Å². The van der Waals surface area contributed by atoms with Crippen molar-refractivity contribution in [2.45, 2.75) is 0 Å². The lowest BCUT2D eigenvalue weighted by Crippen LogP contribution is -2.12.